The van der Waals surface area contributed by atoms with Crippen LogP contribution in [0.25, 0.3) is 0 Å². The summed E-state index contributed by atoms with van der Waals surface area (Å²) in [6, 6.07) is 0. The standard InChI is InChI=1S/K.Mg.H3O7PS.3H/c;;1-8(2,3)7-9(4,5)6;;;/h;;(H2,1,2,3)(H,4,5,6);;;/q+1;+2;;3*-1. The zero-order chi connectivity index (χ0) is 7.71. The van der Waals surface area contributed by atoms with Gasteiger partial charge in [-0.15, -0.1) is 3.97 Å². The molecule has 0 aromatic heterocycles. The molecule has 0 aliphatic carbocycles. The molecule has 0 fully saturated rings. The van der Waals surface area contributed by atoms with Crippen molar-refractivity contribution >= 4 is 41.3 Å². The van der Waals surface area contributed by atoms with Crippen molar-refractivity contribution in [1.82, 2.24) is 0 Å². The Kier molecular flexibility index (Phi) is 11.8. The third-order valence-electron chi connectivity index (χ3n) is 0.191. The molecular formula is H6KMgO7PS. The molecule has 0 aliphatic rings. The molecule has 0 radical (unpaired) electrons. The molecule has 0 atom stereocenters. The van der Waals surface area contributed by atoms with Crippen molar-refractivity contribution in [3.63, 3.8) is 0 Å². The van der Waals surface area contributed by atoms with Crippen molar-refractivity contribution in [2.24, 2.45) is 0 Å². The Hall–Kier alpha value is 2.42. The van der Waals surface area contributed by atoms with E-state index in [4.69, 9.17) is 14.3 Å². The monoisotopic (exact) mass is 244 g/mol. The van der Waals surface area contributed by atoms with Crippen LogP contribution in [0.15, 0.2) is 0 Å². The number of phosphoric acid groups is 1. The second-order valence-corrected chi connectivity index (χ2v) is 3.43. The second-order valence-electron chi connectivity index (χ2n) is 0.993. The summed E-state index contributed by atoms with van der Waals surface area (Å²) in [7, 11) is -10.2. The fraction of sp³-hybridized carbons (Fsp3) is 0. The summed E-state index contributed by atoms with van der Waals surface area (Å²) in [6.45, 7) is 0. The summed E-state index contributed by atoms with van der Waals surface area (Å²) >= 11 is 0. The fourth-order valence-corrected chi connectivity index (χ4v) is 1.10. The van der Waals surface area contributed by atoms with Gasteiger partial charge in [0.05, 0.1) is 0 Å². The molecule has 0 rings (SSSR count). The largest absolute Gasteiger partial charge is 2.00 e. The van der Waals surface area contributed by atoms with E-state index in [1.165, 1.54) is 0 Å². The first-order valence-corrected chi connectivity index (χ1v) is 4.34. The van der Waals surface area contributed by atoms with Crippen molar-refractivity contribution in [2.75, 3.05) is 0 Å². The zero-order valence-electron chi connectivity index (χ0n) is 8.54. The molecule has 0 unspecified atom stereocenters. The Morgan fingerprint density at radius 3 is 1.64 bits per heavy atom. The first kappa shape index (κ1) is 19.1. The number of hydrogen-bond acceptors (Lipinski definition) is 4. The summed E-state index contributed by atoms with van der Waals surface area (Å²) in [5, 5.41) is 0. The van der Waals surface area contributed by atoms with Gasteiger partial charge in [0.15, 0.2) is 0 Å². The number of rotatable bonds is 2. The Bertz CT molecular complexity index is 235. The summed E-state index contributed by atoms with van der Waals surface area (Å²) in [4.78, 5) is 15.4. The average molecular weight is 244 g/mol. The molecule has 3 N–H and O–H groups in total. The van der Waals surface area contributed by atoms with Gasteiger partial charge in [-0.3, -0.25) is 4.55 Å². The first-order valence-electron chi connectivity index (χ1n) is 1.45. The van der Waals surface area contributed by atoms with Crippen LogP contribution in [0, 0.1) is 0 Å². The minimum absolute atomic E-state index is 0. The van der Waals surface area contributed by atoms with Gasteiger partial charge >= 0.3 is 92.7 Å². The molecule has 62 valence electrons. The molecular weight excluding hydrogens is 238 g/mol. The maximum Gasteiger partial charge on any atom is 2.00 e. The van der Waals surface area contributed by atoms with Crippen LogP contribution in [-0.2, 0) is 18.9 Å². The zero-order valence-corrected chi connectivity index (χ0v) is 11.8. The van der Waals surface area contributed by atoms with Crippen LogP contribution in [0.1, 0.15) is 4.28 Å². The first-order chi connectivity index (χ1) is 3.71. The molecule has 0 amide bonds. The smallest absolute Gasteiger partial charge is 1.00 e. The molecule has 11 heteroatoms. The quantitative estimate of drug-likeness (QED) is 0.256. The van der Waals surface area contributed by atoms with Crippen LogP contribution < -0.4 is 51.4 Å². The molecule has 0 saturated heterocycles. The SMILES string of the molecule is O=P(O)(O)OS(=O)(=O)O.[H-].[H-].[H-].[K+].[Mg+2]. The van der Waals surface area contributed by atoms with Gasteiger partial charge in [0, 0.05) is 0 Å². The van der Waals surface area contributed by atoms with E-state index in [0.717, 1.165) is 0 Å². The molecule has 0 bridgehead atoms. The van der Waals surface area contributed by atoms with Crippen LogP contribution in [0.2, 0.25) is 0 Å². The third kappa shape index (κ3) is 19.0. The predicted octanol–water partition coefficient (Wildman–Crippen LogP) is -4.14. The van der Waals surface area contributed by atoms with Gasteiger partial charge in [0.2, 0.25) is 0 Å². The van der Waals surface area contributed by atoms with E-state index in [-0.39, 0.29) is 78.7 Å². The van der Waals surface area contributed by atoms with Crippen molar-refractivity contribution in [3.8, 4) is 0 Å². The van der Waals surface area contributed by atoms with Crippen LogP contribution in [0.5, 0.6) is 0 Å². The van der Waals surface area contributed by atoms with Crippen molar-refractivity contribution < 1.29 is 87.0 Å². The van der Waals surface area contributed by atoms with Crippen LogP contribution >= 0.6 is 7.82 Å². The van der Waals surface area contributed by atoms with E-state index in [0.29, 0.717) is 0 Å². The molecule has 7 nitrogen and oxygen atoms in total. The van der Waals surface area contributed by atoms with Crippen LogP contribution in [-0.4, -0.2) is 45.8 Å². The summed E-state index contributed by atoms with van der Waals surface area (Å²) in [5.41, 5.74) is 0. The molecule has 0 spiro atoms. The average Bonchev–Trinajstić information content (AvgIpc) is 1.14. The molecule has 0 aromatic rings. The summed E-state index contributed by atoms with van der Waals surface area (Å²) in [6.07, 6.45) is 0. The Morgan fingerprint density at radius 1 is 1.36 bits per heavy atom. The third-order valence-corrected chi connectivity index (χ3v) is 1.72. The van der Waals surface area contributed by atoms with E-state index < -0.39 is 18.2 Å². The van der Waals surface area contributed by atoms with Crippen molar-refractivity contribution in [2.45, 2.75) is 0 Å². The molecule has 0 heterocycles. The minimum Gasteiger partial charge on any atom is -1.00 e. The topological polar surface area (TPSA) is 121 Å². The Labute approximate surface area is 126 Å². The van der Waals surface area contributed by atoms with Gasteiger partial charge in [-0.1, -0.05) is 0 Å². The van der Waals surface area contributed by atoms with Crippen LogP contribution in [0.4, 0.5) is 0 Å². The van der Waals surface area contributed by atoms with E-state index in [1.54, 1.807) is 0 Å². The maximum atomic E-state index is 9.58. The number of hydrogen-bond donors (Lipinski definition) is 3. The Morgan fingerprint density at radius 2 is 1.64 bits per heavy atom. The minimum atomic E-state index is -5.13. The van der Waals surface area contributed by atoms with Gasteiger partial charge in [0.25, 0.3) is 0 Å². The maximum absolute atomic E-state index is 9.58. The molecule has 0 aliphatic heterocycles. The summed E-state index contributed by atoms with van der Waals surface area (Å²) in [5.74, 6) is 0. The van der Waals surface area contributed by atoms with Gasteiger partial charge in [0.1, 0.15) is 0 Å². The van der Waals surface area contributed by atoms with Crippen molar-refractivity contribution in [1.29, 1.82) is 0 Å². The van der Waals surface area contributed by atoms with Gasteiger partial charge in [-0.05, 0) is 0 Å². The molecule has 11 heavy (non-hydrogen) atoms. The second kappa shape index (κ2) is 6.81. The van der Waals surface area contributed by atoms with Crippen LogP contribution in [0.3, 0.4) is 0 Å². The van der Waals surface area contributed by atoms with E-state index in [9.17, 15) is 13.0 Å². The van der Waals surface area contributed by atoms with Gasteiger partial charge < -0.3 is 14.1 Å². The van der Waals surface area contributed by atoms with E-state index >= 15 is 0 Å². The van der Waals surface area contributed by atoms with Crippen molar-refractivity contribution in [3.05, 3.63) is 0 Å². The molecule has 0 aromatic carbocycles. The summed E-state index contributed by atoms with van der Waals surface area (Å²) < 4.78 is 39.0. The fourth-order valence-electron chi connectivity index (χ4n) is 0.123. The van der Waals surface area contributed by atoms with E-state index in [2.05, 4.69) is 3.97 Å². The Balaban J connectivity index is -0.0000000320. The van der Waals surface area contributed by atoms with Gasteiger partial charge in [-0.2, -0.15) is 8.42 Å². The normalized spacial score (nSPS) is 11.2. The van der Waals surface area contributed by atoms with Gasteiger partial charge in [-0.25, -0.2) is 4.57 Å². The predicted molar refractivity (Wildman–Crippen MR) is 33.8 cm³/mol. The van der Waals surface area contributed by atoms with E-state index in [1.807, 2.05) is 0 Å². The molecule has 0 saturated carbocycles.